The van der Waals surface area contributed by atoms with Gasteiger partial charge in [0.2, 0.25) is 0 Å². The number of hydrogen-bond acceptors (Lipinski definition) is 3. The molecule has 1 aliphatic heterocycles. The van der Waals surface area contributed by atoms with Crippen molar-refractivity contribution in [1.82, 2.24) is 19.4 Å². The highest BCUT2D eigenvalue weighted by Gasteiger charge is 2.25. The Morgan fingerprint density at radius 3 is 3.00 bits per heavy atom. The lowest BCUT2D eigenvalue weighted by Crippen LogP contribution is -2.40. The van der Waals surface area contributed by atoms with Gasteiger partial charge in [0, 0.05) is 30.1 Å². The summed E-state index contributed by atoms with van der Waals surface area (Å²) in [5, 5.41) is 0.655. The number of amides is 1. The average Bonchev–Trinajstić information content (AvgIpc) is 3.00. The van der Waals surface area contributed by atoms with E-state index in [0.29, 0.717) is 47.4 Å². The molecule has 0 radical (unpaired) electrons. The van der Waals surface area contributed by atoms with E-state index in [9.17, 15) is 14.0 Å². The second kappa shape index (κ2) is 5.30. The van der Waals surface area contributed by atoms with Gasteiger partial charge in [-0.15, -0.1) is 0 Å². The molecule has 122 valence electrons. The molecule has 1 aromatic carbocycles. The van der Waals surface area contributed by atoms with Crippen LogP contribution in [-0.2, 0) is 20.0 Å². The van der Waals surface area contributed by atoms with Crippen molar-refractivity contribution in [3.05, 3.63) is 63.7 Å². The molecule has 0 spiro atoms. The number of benzene rings is 1. The van der Waals surface area contributed by atoms with Gasteiger partial charge in [-0.2, -0.15) is 0 Å². The molecule has 1 amide bonds. The van der Waals surface area contributed by atoms with Crippen LogP contribution in [0.4, 0.5) is 4.39 Å². The highest BCUT2D eigenvalue weighted by atomic mass is 19.1. The van der Waals surface area contributed by atoms with Crippen LogP contribution in [0.5, 0.6) is 0 Å². The summed E-state index contributed by atoms with van der Waals surface area (Å²) in [6.07, 6.45) is 1.96. The molecule has 0 saturated heterocycles. The van der Waals surface area contributed by atoms with E-state index in [-0.39, 0.29) is 17.3 Å². The fourth-order valence-electron chi connectivity index (χ4n) is 3.08. The maximum atomic E-state index is 13.3. The molecule has 1 N–H and O–H groups in total. The van der Waals surface area contributed by atoms with Crippen LogP contribution in [0.25, 0.3) is 10.9 Å². The molecule has 0 unspecified atom stereocenters. The monoisotopic (exact) mass is 326 g/mol. The molecule has 7 heteroatoms. The lowest BCUT2D eigenvalue weighted by molar-refractivity contribution is 0.0726. The van der Waals surface area contributed by atoms with Crippen molar-refractivity contribution in [2.24, 2.45) is 7.05 Å². The predicted molar refractivity (Wildman–Crippen MR) is 86.2 cm³/mol. The molecule has 3 heterocycles. The van der Waals surface area contributed by atoms with Gasteiger partial charge in [-0.3, -0.25) is 9.59 Å². The molecular formula is C17H15FN4O2. The van der Waals surface area contributed by atoms with E-state index < -0.39 is 0 Å². The average molecular weight is 326 g/mol. The number of fused-ring (bicyclic) bond motifs is 2. The highest BCUT2D eigenvalue weighted by molar-refractivity contribution is 5.98. The van der Waals surface area contributed by atoms with Gasteiger partial charge in [0.05, 0.1) is 18.6 Å². The summed E-state index contributed by atoms with van der Waals surface area (Å²) in [6.45, 7) is 0.754. The fourth-order valence-corrected chi connectivity index (χ4v) is 3.08. The minimum atomic E-state index is -0.340. The minimum Gasteiger partial charge on any atom is -0.351 e. The third-order valence-corrected chi connectivity index (χ3v) is 4.39. The topological polar surface area (TPSA) is 71.0 Å². The molecule has 0 fully saturated rings. The third-order valence-electron chi connectivity index (χ3n) is 4.39. The molecule has 0 aliphatic carbocycles. The number of carbonyl (C=O) groups excluding carboxylic acids is 1. The van der Waals surface area contributed by atoms with E-state index in [1.54, 1.807) is 24.1 Å². The smallest absolute Gasteiger partial charge is 0.270 e. The van der Waals surface area contributed by atoms with Crippen molar-refractivity contribution in [2.45, 2.75) is 13.0 Å². The van der Waals surface area contributed by atoms with Crippen molar-refractivity contribution in [3.8, 4) is 0 Å². The molecule has 2 aromatic heterocycles. The van der Waals surface area contributed by atoms with Crippen molar-refractivity contribution >= 4 is 16.8 Å². The van der Waals surface area contributed by atoms with Gasteiger partial charge in [0.1, 0.15) is 11.5 Å². The molecule has 3 aromatic rings. The first-order valence-electron chi connectivity index (χ1n) is 7.64. The second-order valence-electron chi connectivity index (χ2n) is 5.98. The van der Waals surface area contributed by atoms with Crippen LogP contribution in [0.1, 0.15) is 21.7 Å². The molecule has 6 nitrogen and oxygen atoms in total. The molecule has 4 rings (SSSR count). The van der Waals surface area contributed by atoms with Crippen LogP contribution < -0.4 is 5.56 Å². The molecule has 0 bridgehead atoms. The Morgan fingerprint density at radius 1 is 1.33 bits per heavy atom. The number of nitrogens with zero attached hydrogens (tertiary/aromatic N) is 3. The Balaban J connectivity index is 1.65. The van der Waals surface area contributed by atoms with E-state index in [1.165, 1.54) is 23.0 Å². The number of aromatic nitrogens is 3. The lowest BCUT2D eigenvalue weighted by atomic mass is 10.1. The maximum absolute atomic E-state index is 13.3. The minimum absolute atomic E-state index is 0.0619. The first-order valence-corrected chi connectivity index (χ1v) is 7.64. The van der Waals surface area contributed by atoms with E-state index in [0.717, 1.165) is 0 Å². The number of H-pyrrole nitrogens is 1. The second-order valence-corrected chi connectivity index (χ2v) is 5.98. The van der Waals surface area contributed by atoms with Gasteiger partial charge in [-0.25, -0.2) is 9.37 Å². The number of aromatic amines is 1. The van der Waals surface area contributed by atoms with Gasteiger partial charge in [0.25, 0.3) is 11.5 Å². The maximum Gasteiger partial charge on any atom is 0.270 e. The van der Waals surface area contributed by atoms with Gasteiger partial charge in [0.15, 0.2) is 0 Å². The summed E-state index contributed by atoms with van der Waals surface area (Å²) in [7, 11) is 1.66. The Morgan fingerprint density at radius 2 is 2.17 bits per heavy atom. The number of aryl methyl sites for hydroxylation is 1. The largest absolute Gasteiger partial charge is 0.351 e. The fraction of sp³-hybridized carbons (Fsp3) is 0.235. The molecular weight excluding hydrogens is 311 g/mol. The Kier molecular flexibility index (Phi) is 3.23. The van der Waals surface area contributed by atoms with Gasteiger partial charge < -0.3 is 14.5 Å². The third kappa shape index (κ3) is 2.29. The SMILES string of the molecule is Cn1cnc2c(c1=O)CCN(C(=O)c1cc3cc(F)ccc3[nH]1)C2. The predicted octanol–water partition coefficient (Wildman–Crippen LogP) is 1.60. The summed E-state index contributed by atoms with van der Waals surface area (Å²) in [5.74, 6) is -0.521. The zero-order chi connectivity index (χ0) is 16.8. The summed E-state index contributed by atoms with van der Waals surface area (Å²) in [6, 6.07) is 6.00. The zero-order valence-corrected chi connectivity index (χ0v) is 13.0. The van der Waals surface area contributed by atoms with E-state index >= 15 is 0 Å². The summed E-state index contributed by atoms with van der Waals surface area (Å²) in [4.78, 5) is 33.7. The highest BCUT2D eigenvalue weighted by Crippen LogP contribution is 2.20. The van der Waals surface area contributed by atoms with Crippen LogP contribution in [0.3, 0.4) is 0 Å². The van der Waals surface area contributed by atoms with E-state index in [2.05, 4.69) is 9.97 Å². The molecule has 24 heavy (non-hydrogen) atoms. The van der Waals surface area contributed by atoms with Crippen LogP contribution >= 0.6 is 0 Å². The number of nitrogens with one attached hydrogen (secondary N) is 1. The first kappa shape index (κ1) is 14.6. The van der Waals surface area contributed by atoms with Crippen LogP contribution in [0.2, 0.25) is 0 Å². The Bertz CT molecular complexity index is 1020. The Hall–Kier alpha value is -2.96. The van der Waals surface area contributed by atoms with Crippen molar-refractivity contribution in [3.63, 3.8) is 0 Å². The lowest BCUT2D eigenvalue weighted by Gasteiger charge is -2.27. The van der Waals surface area contributed by atoms with Crippen LogP contribution in [-0.4, -0.2) is 31.9 Å². The summed E-state index contributed by atoms with van der Waals surface area (Å²) in [5.41, 5.74) is 2.36. The van der Waals surface area contributed by atoms with Gasteiger partial charge in [-0.05, 0) is 30.7 Å². The quantitative estimate of drug-likeness (QED) is 0.738. The van der Waals surface area contributed by atoms with Crippen molar-refractivity contribution < 1.29 is 9.18 Å². The van der Waals surface area contributed by atoms with E-state index in [4.69, 9.17) is 0 Å². The van der Waals surface area contributed by atoms with Gasteiger partial charge in [-0.1, -0.05) is 0 Å². The normalized spacial score (nSPS) is 14.0. The van der Waals surface area contributed by atoms with Crippen LogP contribution in [0, 0.1) is 5.82 Å². The van der Waals surface area contributed by atoms with E-state index in [1.807, 2.05) is 0 Å². The van der Waals surface area contributed by atoms with Gasteiger partial charge >= 0.3 is 0 Å². The Labute approximate surface area is 136 Å². The zero-order valence-electron chi connectivity index (χ0n) is 13.0. The molecule has 0 saturated carbocycles. The number of carbonyl (C=O) groups is 1. The van der Waals surface area contributed by atoms with Crippen molar-refractivity contribution in [1.29, 1.82) is 0 Å². The summed E-state index contributed by atoms with van der Waals surface area (Å²) >= 11 is 0. The molecule has 1 aliphatic rings. The first-order chi connectivity index (χ1) is 11.5. The van der Waals surface area contributed by atoms with Crippen LogP contribution in [0.15, 0.2) is 35.4 Å². The number of rotatable bonds is 1. The van der Waals surface area contributed by atoms with Crippen molar-refractivity contribution in [2.75, 3.05) is 6.54 Å². The number of halogens is 1. The molecule has 0 atom stereocenters. The number of hydrogen-bond donors (Lipinski definition) is 1. The standard InChI is InChI=1S/C17H15FN4O2/c1-21-9-19-15-8-22(5-4-12(15)16(21)23)17(24)14-7-10-6-11(18)2-3-13(10)20-14/h2-3,6-7,9,20H,4-5,8H2,1H3. The summed E-state index contributed by atoms with van der Waals surface area (Å²) < 4.78 is 14.7.